The third-order valence-corrected chi connectivity index (χ3v) is 8.91. The van der Waals surface area contributed by atoms with Gasteiger partial charge in [-0.25, -0.2) is 9.97 Å². The van der Waals surface area contributed by atoms with Crippen molar-refractivity contribution >= 4 is 32.6 Å². The highest BCUT2D eigenvalue weighted by Crippen LogP contribution is 2.34. The SMILES string of the molecule is [2H]c1ccc(-c2nc3ccccc3n2-c2ccc(-c3cc(-c4ccc5ccccc5c4)cc(-c4ccc5ccccc5c4)n3)cc2)cc1. The summed E-state index contributed by atoms with van der Waals surface area (Å²) in [5, 5.41) is 4.85. The van der Waals surface area contributed by atoms with Crippen LogP contribution < -0.4 is 0 Å². The van der Waals surface area contributed by atoms with Gasteiger partial charge in [0.25, 0.3) is 0 Å². The number of fused-ring (bicyclic) bond motifs is 3. The number of nitrogens with zero attached hydrogens (tertiary/aromatic N) is 3. The monoisotopic (exact) mass is 600 g/mol. The zero-order chi connectivity index (χ0) is 32.0. The fourth-order valence-electron chi connectivity index (χ4n) is 6.51. The van der Waals surface area contributed by atoms with Crippen molar-refractivity contribution in [3.63, 3.8) is 0 Å². The van der Waals surface area contributed by atoms with E-state index in [2.05, 4.69) is 132 Å². The molecule has 0 N–H and O–H groups in total. The molecule has 0 spiro atoms. The number of benzene rings is 7. The van der Waals surface area contributed by atoms with Crippen molar-refractivity contribution in [2.45, 2.75) is 0 Å². The average Bonchev–Trinajstić information content (AvgIpc) is 3.54. The van der Waals surface area contributed by atoms with Crippen LogP contribution in [0.15, 0.2) is 176 Å². The molecule has 3 nitrogen and oxygen atoms in total. The Morgan fingerprint density at radius 3 is 1.70 bits per heavy atom. The lowest BCUT2D eigenvalue weighted by atomic mass is 9.97. The Morgan fingerprint density at radius 2 is 0.979 bits per heavy atom. The van der Waals surface area contributed by atoms with Gasteiger partial charge in [0.15, 0.2) is 0 Å². The lowest BCUT2D eigenvalue weighted by molar-refractivity contribution is 1.10. The van der Waals surface area contributed by atoms with Gasteiger partial charge in [-0.1, -0.05) is 127 Å². The lowest BCUT2D eigenvalue weighted by Gasteiger charge is -2.13. The van der Waals surface area contributed by atoms with Crippen LogP contribution in [0.5, 0.6) is 0 Å². The minimum Gasteiger partial charge on any atom is -0.292 e. The number of hydrogen-bond donors (Lipinski definition) is 0. The number of rotatable bonds is 5. The molecule has 0 aliphatic rings. The van der Waals surface area contributed by atoms with Crippen molar-refractivity contribution in [3.8, 4) is 50.7 Å². The average molecular weight is 601 g/mol. The van der Waals surface area contributed by atoms with Gasteiger partial charge in [-0.05, 0) is 81.2 Å². The number of pyridine rings is 1. The Hall–Kier alpha value is -6.32. The molecule has 2 aromatic heterocycles. The van der Waals surface area contributed by atoms with Crippen LogP contribution in [0, 0.1) is 0 Å². The summed E-state index contributed by atoms with van der Waals surface area (Å²) in [6.45, 7) is 0. The van der Waals surface area contributed by atoms with Crippen LogP contribution in [0.25, 0.3) is 83.3 Å². The highest BCUT2D eigenvalue weighted by molar-refractivity contribution is 5.90. The fraction of sp³-hybridized carbons (Fsp3) is 0. The minimum absolute atomic E-state index is 0.479. The lowest BCUT2D eigenvalue weighted by Crippen LogP contribution is -1.98. The Morgan fingerprint density at radius 1 is 0.404 bits per heavy atom. The Labute approximate surface area is 274 Å². The van der Waals surface area contributed by atoms with E-state index in [1.54, 1.807) is 0 Å². The van der Waals surface area contributed by atoms with Crippen molar-refractivity contribution in [1.82, 2.24) is 14.5 Å². The second-order valence-corrected chi connectivity index (χ2v) is 11.8. The molecule has 0 amide bonds. The molecule has 220 valence electrons. The molecule has 0 saturated carbocycles. The molecule has 9 aromatic rings. The van der Waals surface area contributed by atoms with E-state index in [9.17, 15) is 0 Å². The van der Waals surface area contributed by atoms with Crippen molar-refractivity contribution in [2.24, 2.45) is 0 Å². The molecule has 0 aliphatic carbocycles. The van der Waals surface area contributed by atoms with Gasteiger partial charge in [-0.2, -0.15) is 0 Å². The largest absolute Gasteiger partial charge is 0.292 e. The molecule has 7 aromatic carbocycles. The minimum atomic E-state index is 0.479. The number of hydrogen-bond acceptors (Lipinski definition) is 2. The van der Waals surface area contributed by atoms with Crippen LogP contribution in [-0.4, -0.2) is 14.5 Å². The third kappa shape index (κ3) is 4.95. The van der Waals surface area contributed by atoms with Crippen LogP contribution in [0.1, 0.15) is 1.37 Å². The molecule has 0 radical (unpaired) electrons. The Kier molecular flexibility index (Phi) is 6.21. The summed E-state index contributed by atoms with van der Waals surface area (Å²) in [5.74, 6) is 0.846. The van der Waals surface area contributed by atoms with Gasteiger partial charge in [0.05, 0.1) is 23.8 Å². The first-order valence-electron chi connectivity index (χ1n) is 16.3. The topological polar surface area (TPSA) is 30.7 Å². The van der Waals surface area contributed by atoms with E-state index in [0.717, 1.165) is 61.8 Å². The fourth-order valence-corrected chi connectivity index (χ4v) is 6.51. The van der Waals surface area contributed by atoms with Gasteiger partial charge in [-0.3, -0.25) is 4.57 Å². The summed E-state index contributed by atoms with van der Waals surface area (Å²) in [6, 6.07) is 59.4. The normalized spacial score (nSPS) is 11.7. The van der Waals surface area contributed by atoms with Crippen LogP contribution in [0.3, 0.4) is 0 Å². The maximum Gasteiger partial charge on any atom is 0.145 e. The second-order valence-electron chi connectivity index (χ2n) is 11.8. The van der Waals surface area contributed by atoms with Gasteiger partial charge in [0.1, 0.15) is 5.82 Å². The molecule has 47 heavy (non-hydrogen) atoms. The summed E-state index contributed by atoms with van der Waals surface area (Å²) in [7, 11) is 0. The first kappa shape index (κ1) is 26.0. The zero-order valence-corrected chi connectivity index (χ0v) is 25.5. The molecule has 2 heterocycles. The maximum atomic E-state index is 7.96. The highest BCUT2D eigenvalue weighted by atomic mass is 15.1. The van der Waals surface area contributed by atoms with Crippen LogP contribution >= 0.6 is 0 Å². The summed E-state index contributed by atoms with van der Waals surface area (Å²) < 4.78 is 10.2. The van der Waals surface area contributed by atoms with Gasteiger partial charge >= 0.3 is 0 Å². The first-order chi connectivity index (χ1) is 23.7. The molecule has 0 aliphatic heterocycles. The molecular formula is C44H29N3. The molecule has 0 atom stereocenters. The van der Waals surface area contributed by atoms with E-state index in [0.29, 0.717) is 6.04 Å². The molecular weight excluding hydrogens is 571 g/mol. The van der Waals surface area contributed by atoms with Gasteiger partial charge in [-0.15, -0.1) is 0 Å². The maximum absolute atomic E-state index is 7.96. The standard InChI is InChI=1S/C44H29N3/c1-2-12-33(13-3-1)44-46-40-16-8-9-17-43(40)47(44)39-24-22-32(23-25-39)41-28-38(36-20-18-30-10-4-6-14-34(30)26-36)29-42(45-41)37-21-19-31-11-5-7-15-35(31)27-37/h1-29H/i1D. The van der Waals surface area contributed by atoms with Crippen molar-refractivity contribution in [2.75, 3.05) is 0 Å². The smallest absolute Gasteiger partial charge is 0.145 e. The van der Waals surface area contributed by atoms with Crippen LogP contribution in [0.4, 0.5) is 0 Å². The summed E-state index contributed by atoms with van der Waals surface area (Å²) in [4.78, 5) is 10.2. The quantitative estimate of drug-likeness (QED) is 0.197. The summed E-state index contributed by atoms with van der Waals surface area (Å²) in [5.41, 5.74) is 10.2. The Balaban J connectivity index is 1.18. The molecule has 3 heteroatoms. The summed E-state index contributed by atoms with van der Waals surface area (Å²) >= 11 is 0. The molecule has 0 saturated heterocycles. The molecule has 0 unspecified atom stereocenters. The number of aromatic nitrogens is 3. The van der Waals surface area contributed by atoms with Crippen molar-refractivity contribution in [1.29, 1.82) is 0 Å². The van der Waals surface area contributed by atoms with Crippen LogP contribution in [-0.2, 0) is 0 Å². The molecule has 0 fully saturated rings. The summed E-state index contributed by atoms with van der Waals surface area (Å²) in [6.07, 6.45) is 0. The molecule has 0 bridgehead atoms. The number of para-hydroxylation sites is 2. The van der Waals surface area contributed by atoms with Gasteiger partial charge in [0.2, 0.25) is 0 Å². The Bertz CT molecular complexity index is 2520. The first-order valence-corrected chi connectivity index (χ1v) is 15.8. The zero-order valence-electron chi connectivity index (χ0n) is 26.5. The van der Waals surface area contributed by atoms with Gasteiger partial charge in [0, 0.05) is 22.4 Å². The van der Waals surface area contributed by atoms with Crippen molar-refractivity contribution < 1.29 is 1.37 Å². The molecule has 9 rings (SSSR count). The number of imidazole rings is 1. The van der Waals surface area contributed by atoms with E-state index in [1.165, 1.54) is 21.5 Å². The third-order valence-electron chi connectivity index (χ3n) is 8.91. The van der Waals surface area contributed by atoms with E-state index >= 15 is 0 Å². The van der Waals surface area contributed by atoms with Gasteiger partial charge < -0.3 is 0 Å². The second kappa shape index (κ2) is 11.2. The van der Waals surface area contributed by atoms with Crippen LogP contribution in [0.2, 0.25) is 0 Å². The highest BCUT2D eigenvalue weighted by Gasteiger charge is 2.15. The van der Waals surface area contributed by atoms with E-state index in [4.69, 9.17) is 11.3 Å². The van der Waals surface area contributed by atoms with Crippen molar-refractivity contribution in [3.05, 3.63) is 176 Å². The van der Waals surface area contributed by atoms with E-state index < -0.39 is 0 Å². The predicted molar refractivity (Wildman–Crippen MR) is 196 cm³/mol. The van der Waals surface area contributed by atoms with E-state index in [1.807, 2.05) is 42.5 Å². The predicted octanol–water partition coefficient (Wildman–Crippen LogP) is 11.4. The van der Waals surface area contributed by atoms with E-state index in [-0.39, 0.29) is 0 Å².